The summed E-state index contributed by atoms with van der Waals surface area (Å²) in [5.41, 5.74) is 7.37. The molecular weight excluding hydrogens is 472 g/mol. The second-order valence-corrected chi connectivity index (χ2v) is 7.95. The summed E-state index contributed by atoms with van der Waals surface area (Å²) in [6.45, 7) is 5.86. The lowest BCUT2D eigenvalue weighted by Crippen LogP contribution is -2.03. The van der Waals surface area contributed by atoms with Crippen LogP contribution in [-0.4, -0.2) is 20.8 Å². The number of rotatable bonds is 4. The molecular formula is C20H18Br2N4O. The Bertz CT molecular complexity index is 1020. The summed E-state index contributed by atoms with van der Waals surface area (Å²) in [6, 6.07) is 13.5. The summed E-state index contributed by atoms with van der Waals surface area (Å²) in [5, 5.41) is 14.8. The molecule has 0 aliphatic rings. The zero-order valence-corrected chi connectivity index (χ0v) is 18.3. The Balaban J connectivity index is 1.92. The van der Waals surface area contributed by atoms with E-state index in [1.54, 1.807) is 18.2 Å². The van der Waals surface area contributed by atoms with Crippen molar-refractivity contribution in [1.29, 1.82) is 0 Å². The number of aryl methyl sites for hydroxylation is 2. The standard InChI is InChI=1S/C20H18Br2N4O/c1-11-4-6-14(7-5-11)13(3)25-26-18-8-12(2)23-20(24-18)16-9-15(21)10-17(22)19(16)27/h4-10,27H,1-3H3,(H,23,24,26)/b25-13-. The van der Waals surface area contributed by atoms with Crippen molar-refractivity contribution in [2.45, 2.75) is 20.8 Å². The maximum absolute atomic E-state index is 10.4. The van der Waals surface area contributed by atoms with Gasteiger partial charge in [0.1, 0.15) is 5.75 Å². The summed E-state index contributed by atoms with van der Waals surface area (Å²) >= 11 is 6.77. The molecule has 27 heavy (non-hydrogen) atoms. The number of phenols is 1. The van der Waals surface area contributed by atoms with Gasteiger partial charge in [-0.2, -0.15) is 5.10 Å². The molecule has 138 valence electrons. The van der Waals surface area contributed by atoms with Crippen LogP contribution >= 0.6 is 31.9 Å². The summed E-state index contributed by atoms with van der Waals surface area (Å²) in [6.07, 6.45) is 0. The molecule has 0 bridgehead atoms. The number of phenolic OH excluding ortho intramolecular Hbond substituents is 1. The van der Waals surface area contributed by atoms with E-state index in [0.717, 1.165) is 21.4 Å². The third kappa shape index (κ3) is 4.73. The predicted molar refractivity (Wildman–Crippen MR) is 116 cm³/mol. The molecule has 0 radical (unpaired) electrons. The molecule has 1 aromatic heterocycles. The number of anilines is 1. The number of nitrogens with zero attached hydrogens (tertiary/aromatic N) is 3. The number of hydrazone groups is 1. The molecule has 7 heteroatoms. The van der Waals surface area contributed by atoms with Gasteiger partial charge in [-0.3, -0.25) is 5.43 Å². The zero-order valence-electron chi connectivity index (χ0n) is 15.1. The van der Waals surface area contributed by atoms with E-state index in [2.05, 4.69) is 71.4 Å². The minimum absolute atomic E-state index is 0.0917. The number of aromatic hydroxyl groups is 1. The molecule has 0 fully saturated rings. The third-order valence-electron chi connectivity index (χ3n) is 3.93. The van der Waals surface area contributed by atoms with E-state index in [0.29, 0.717) is 21.7 Å². The maximum atomic E-state index is 10.4. The van der Waals surface area contributed by atoms with Crippen LogP contribution in [0.25, 0.3) is 11.4 Å². The van der Waals surface area contributed by atoms with Gasteiger partial charge in [0.05, 0.1) is 15.7 Å². The fourth-order valence-electron chi connectivity index (χ4n) is 2.48. The summed E-state index contributed by atoms with van der Waals surface area (Å²) < 4.78 is 1.38. The van der Waals surface area contributed by atoms with Crippen molar-refractivity contribution in [2.75, 3.05) is 5.43 Å². The Morgan fingerprint density at radius 1 is 1.04 bits per heavy atom. The lowest BCUT2D eigenvalue weighted by Gasteiger charge is -2.09. The molecule has 0 spiro atoms. The molecule has 2 N–H and O–H groups in total. The number of hydrogen-bond acceptors (Lipinski definition) is 5. The summed E-state index contributed by atoms with van der Waals surface area (Å²) in [5.74, 6) is 1.06. The first-order valence-electron chi connectivity index (χ1n) is 8.25. The zero-order chi connectivity index (χ0) is 19.6. The highest BCUT2D eigenvalue weighted by atomic mass is 79.9. The lowest BCUT2D eigenvalue weighted by molar-refractivity contribution is 0.473. The second-order valence-electron chi connectivity index (χ2n) is 6.18. The fraction of sp³-hybridized carbons (Fsp3) is 0.150. The number of nitrogens with one attached hydrogen (secondary N) is 1. The van der Waals surface area contributed by atoms with Gasteiger partial charge in [-0.05, 0) is 54.4 Å². The van der Waals surface area contributed by atoms with Crippen LogP contribution in [0.1, 0.15) is 23.7 Å². The molecule has 0 aliphatic heterocycles. The molecule has 1 heterocycles. The van der Waals surface area contributed by atoms with Crippen molar-refractivity contribution in [3.63, 3.8) is 0 Å². The second kappa shape index (κ2) is 8.19. The highest BCUT2D eigenvalue weighted by Gasteiger charge is 2.13. The molecule has 0 saturated carbocycles. The lowest BCUT2D eigenvalue weighted by atomic mass is 10.1. The molecule has 0 amide bonds. The van der Waals surface area contributed by atoms with Crippen molar-refractivity contribution in [1.82, 2.24) is 9.97 Å². The first-order valence-corrected chi connectivity index (χ1v) is 9.83. The molecule has 3 aromatic rings. The highest BCUT2D eigenvalue weighted by molar-refractivity contribution is 9.11. The van der Waals surface area contributed by atoms with Gasteiger partial charge in [0.15, 0.2) is 11.6 Å². The summed E-state index contributed by atoms with van der Waals surface area (Å²) in [4.78, 5) is 8.94. The Kier molecular flexibility index (Phi) is 5.92. The topological polar surface area (TPSA) is 70.4 Å². The minimum atomic E-state index is 0.0917. The van der Waals surface area contributed by atoms with Crippen molar-refractivity contribution in [2.24, 2.45) is 5.10 Å². The van der Waals surface area contributed by atoms with Crippen LogP contribution < -0.4 is 5.43 Å². The van der Waals surface area contributed by atoms with Gasteiger partial charge in [0.25, 0.3) is 0 Å². The van der Waals surface area contributed by atoms with E-state index in [4.69, 9.17) is 0 Å². The Morgan fingerprint density at radius 3 is 2.44 bits per heavy atom. The van der Waals surface area contributed by atoms with E-state index >= 15 is 0 Å². The molecule has 2 aromatic carbocycles. The van der Waals surface area contributed by atoms with Gasteiger partial charge in [-0.25, -0.2) is 9.97 Å². The minimum Gasteiger partial charge on any atom is -0.506 e. The van der Waals surface area contributed by atoms with Gasteiger partial charge in [0.2, 0.25) is 0 Å². The SMILES string of the molecule is C/C(=N/Nc1cc(C)nc(-c2cc(Br)cc(Br)c2O)n1)c1ccc(C)cc1. The van der Waals surface area contributed by atoms with E-state index in [1.807, 2.05) is 26.0 Å². The van der Waals surface area contributed by atoms with Crippen LogP contribution in [0.4, 0.5) is 5.82 Å². The first kappa shape index (κ1) is 19.5. The van der Waals surface area contributed by atoms with E-state index in [1.165, 1.54) is 5.56 Å². The Labute approximate surface area is 174 Å². The van der Waals surface area contributed by atoms with Crippen LogP contribution in [0.15, 0.2) is 56.5 Å². The van der Waals surface area contributed by atoms with E-state index in [9.17, 15) is 5.11 Å². The van der Waals surface area contributed by atoms with Crippen LogP contribution in [0.5, 0.6) is 5.75 Å². The van der Waals surface area contributed by atoms with E-state index in [-0.39, 0.29) is 5.75 Å². The molecule has 0 atom stereocenters. The van der Waals surface area contributed by atoms with Crippen molar-refractivity contribution in [3.8, 4) is 17.1 Å². The molecule has 0 aliphatic carbocycles. The molecule has 5 nitrogen and oxygen atoms in total. The maximum Gasteiger partial charge on any atom is 0.165 e. The quantitative estimate of drug-likeness (QED) is 0.357. The molecule has 3 rings (SSSR count). The third-order valence-corrected chi connectivity index (χ3v) is 4.99. The predicted octanol–water partition coefficient (Wildman–Crippen LogP) is 5.83. The van der Waals surface area contributed by atoms with Crippen molar-refractivity contribution >= 4 is 43.4 Å². The largest absolute Gasteiger partial charge is 0.506 e. The van der Waals surface area contributed by atoms with Crippen LogP contribution in [0.3, 0.4) is 0 Å². The highest BCUT2D eigenvalue weighted by Crippen LogP contribution is 2.37. The van der Waals surface area contributed by atoms with Crippen molar-refractivity contribution in [3.05, 3.63) is 68.2 Å². The van der Waals surface area contributed by atoms with Gasteiger partial charge in [-0.1, -0.05) is 45.8 Å². The van der Waals surface area contributed by atoms with Crippen LogP contribution in [0, 0.1) is 13.8 Å². The Hall–Kier alpha value is -2.25. The van der Waals surface area contributed by atoms with Crippen LogP contribution in [0.2, 0.25) is 0 Å². The summed E-state index contributed by atoms with van der Waals surface area (Å²) in [7, 11) is 0. The molecule has 0 unspecified atom stereocenters. The normalized spacial score (nSPS) is 11.5. The van der Waals surface area contributed by atoms with Gasteiger partial charge < -0.3 is 5.11 Å². The number of halogens is 2. The van der Waals surface area contributed by atoms with Gasteiger partial charge in [-0.15, -0.1) is 0 Å². The van der Waals surface area contributed by atoms with Crippen LogP contribution in [-0.2, 0) is 0 Å². The fourth-order valence-corrected chi connectivity index (χ4v) is 3.71. The first-order chi connectivity index (χ1) is 12.8. The average molecular weight is 490 g/mol. The number of benzene rings is 2. The molecule has 0 saturated heterocycles. The smallest absolute Gasteiger partial charge is 0.165 e. The van der Waals surface area contributed by atoms with Crippen molar-refractivity contribution < 1.29 is 5.11 Å². The number of aromatic nitrogens is 2. The Morgan fingerprint density at radius 2 is 1.74 bits per heavy atom. The number of hydrogen-bond donors (Lipinski definition) is 2. The average Bonchev–Trinajstić information content (AvgIpc) is 2.63. The monoisotopic (exact) mass is 488 g/mol. The van der Waals surface area contributed by atoms with Gasteiger partial charge in [0, 0.05) is 16.2 Å². The van der Waals surface area contributed by atoms with Gasteiger partial charge >= 0.3 is 0 Å². The van der Waals surface area contributed by atoms with E-state index < -0.39 is 0 Å².